The minimum absolute atomic E-state index is 0.00713. The number of carbonyl (C=O) groups excluding carboxylic acids is 7. The van der Waals surface area contributed by atoms with Crippen LogP contribution < -0.4 is 40.7 Å². The lowest BCUT2D eigenvalue weighted by Crippen LogP contribution is -2.51. The molecule has 14 rings (SSSR count). The Morgan fingerprint density at radius 3 is 1.34 bits per heavy atom. The monoisotopic (exact) mass is 1830 g/mol. The van der Waals surface area contributed by atoms with E-state index >= 15 is 0 Å². The molecule has 6 aliphatic heterocycles. The summed E-state index contributed by atoms with van der Waals surface area (Å²) < 4.78 is 44.2. The van der Waals surface area contributed by atoms with Gasteiger partial charge in [0, 0.05) is 63.5 Å². The van der Waals surface area contributed by atoms with Gasteiger partial charge in [-0.05, 0) is 196 Å². The van der Waals surface area contributed by atoms with Crippen LogP contribution in [0.1, 0.15) is 344 Å². The molecule has 0 radical (unpaired) electrons. The predicted octanol–water partition coefficient (Wildman–Crippen LogP) is 20.4. The summed E-state index contributed by atoms with van der Waals surface area (Å²) >= 11 is 0. The number of aliphatic hydroxyl groups is 1. The van der Waals surface area contributed by atoms with Crippen LogP contribution in [0.4, 0.5) is 0 Å². The summed E-state index contributed by atoms with van der Waals surface area (Å²) in [7, 11) is 0. The van der Waals surface area contributed by atoms with Crippen LogP contribution in [-0.2, 0) is 103 Å². The van der Waals surface area contributed by atoms with Gasteiger partial charge in [-0.15, -0.1) is 0 Å². The van der Waals surface area contributed by atoms with Crippen molar-refractivity contribution in [2.45, 2.75) is 369 Å². The van der Waals surface area contributed by atoms with Crippen LogP contribution in [-0.4, -0.2) is 108 Å². The lowest BCUT2D eigenvalue weighted by atomic mass is 9.84. The molecule has 0 aliphatic carbocycles. The van der Waals surface area contributed by atoms with Crippen LogP contribution in [0.15, 0.2) is 82.4 Å². The van der Waals surface area contributed by atoms with Crippen LogP contribution in [0.25, 0.3) is 44.6 Å². The number of aliphatic carboxylic acids is 1. The fraction of sp³-hybridized carbons (Fsp3) is 0.556. The number of carboxylic acids is 1. The van der Waals surface area contributed by atoms with E-state index in [2.05, 4.69) is 24.5 Å². The number of hydrogen-bond acceptors (Lipinski definition) is 21. The standard InChI is InChI=1S/C54H69N3O9.C34H55NO6.C20H16N2O4/c1-7-9-10-11-15-20-29-55-30-21-16-13-12-14-17-24-45(58)53(6)28-27-40-37(5)49(35(3)36(4)50(40)66-53)64-46(59)25-26-47(60)65-54(8-2)42-32-44-48-39(31-38-22-18-19-23-43(38)56-48)33-57(44)51(61)41(42)34-63-52(54)62;1-6-7-8-9-10-11-12-13-14-15-16-17-18-19-24-35-33(39)34(5)23-22-28-27(4)31(25(2)26(3)32(28)41-34)40-30(38)21-20-29(36)37;1-2-20(25)14-8-16-17-12(7-11-5-3-4-6-15(11)21-17)9-22(16)18(23)13(14)10-26-19(20)24/h18-19,22-23,31-32,55H,7-17,20-21,24-30,33-34H2,1-6H3;6-24H2,1-5H3,(H,35,39)(H,36,37);3-8,25H,2,9-10H2,1H3/t53-,54-;34-;20-/m010/s1. The number of esters is 5. The fourth-order valence-electron chi connectivity index (χ4n) is 19.5. The van der Waals surface area contributed by atoms with Gasteiger partial charge in [-0.2, -0.15) is 0 Å². The first kappa shape index (κ1) is 101. The third kappa shape index (κ3) is 23.5. The maximum atomic E-state index is 13.9. The van der Waals surface area contributed by atoms with Gasteiger partial charge in [0.05, 0.1) is 83.7 Å². The number of nitrogens with zero attached hydrogens (tertiary/aromatic N) is 4. The smallest absolute Gasteiger partial charge is 0.355 e. The highest BCUT2D eigenvalue weighted by atomic mass is 16.6. The van der Waals surface area contributed by atoms with E-state index in [1.165, 1.54) is 135 Å². The zero-order valence-electron chi connectivity index (χ0n) is 80.7. The second-order valence-electron chi connectivity index (χ2n) is 37.7. The van der Waals surface area contributed by atoms with Crippen molar-refractivity contribution in [1.29, 1.82) is 0 Å². The van der Waals surface area contributed by atoms with E-state index in [9.17, 15) is 53.1 Å². The molecule has 4 N–H and O–H groups in total. The number of benzene rings is 4. The minimum Gasteiger partial charge on any atom is -0.481 e. The molecule has 0 bridgehead atoms. The van der Waals surface area contributed by atoms with Gasteiger partial charge in [-0.25, -0.2) is 19.6 Å². The van der Waals surface area contributed by atoms with Crippen LogP contribution in [0, 0.1) is 41.5 Å². The second-order valence-corrected chi connectivity index (χ2v) is 37.7. The molecule has 8 aromatic rings. The molecule has 0 unspecified atom stereocenters. The van der Waals surface area contributed by atoms with Crippen molar-refractivity contribution in [3.63, 3.8) is 0 Å². The third-order valence-electron chi connectivity index (χ3n) is 28.2. The highest BCUT2D eigenvalue weighted by Crippen LogP contribution is 2.48. The highest BCUT2D eigenvalue weighted by molar-refractivity contribution is 5.92. The van der Waals surface area contributed by atoms with E-state index in [0.29, 0.717) is 109 Å². The van der Waals surface area contributed by atoms with E-state index in [1.54, 1.807) is 35.1 Å². The summed E-state index contributed by atoms with van der Waals surface area (Å²) in [6.45, 7) is 26.2. The number of amides is 1. The molecule has 6 aliphatic rings. The first-order chi connectivity index (χ1) is 63.9. The van der Waals surface area contributed by atoms with E-state index < -0.39 is 58.2 Å². The Balaban J connectivity index is 0.000000201. The maximum absolute atomic E-state index is 13.9. The van der Waals surface area contributed by atoms with Crippen molar-refractivity contribution in [3.05, 3.63) is 171 Å². The number of ether oxygens (including phenoxy) is 7. The average molecular weight is 1830 g/mol. The fourth-order valence-corrected chi connectivity index (χ4v) is 19.5. The Bertz CT molecular complexity index is 5730. The Labute approximate surface area is 782 Å². The zero-order chi connectivity index (χ0) is 95.3. The summed E-state index contributed by atoms with van der Waals surface area (Å²) in [4.78, 5) is 139. The zero-order valence-corrected chi connectivity index (χ0v) is 80.7. The Hall–Kier alpha value is -10.9. The molecule has 4 aromatic carbocycles. The van der Waals surface area contributed by atoms with Crippen molar-refractivity contribution in [2.24, 2.45) is 0 Å². The minimum atomic E-state index is -1.88. The normalized spacial score (nSPS) is 18.0. The molecule has 133 heavy (non-hydrogen) atoms. The van der Waals surface area contributed by atoms with Gasteiger partial charge < -0.3 is 63.1 Å². The largest absolute Gasteiger partial charge is 0.481 e. The lowest BCUT2D eigenvalue weighted by molar-refractivity contribution is -0.189. The molecule has 0 spiro atoms. The van der Waals surface area contributed by atoms with Crippen molar-refractivity contribution >= 4 is 69.3 Å². The Kier molecular flexibility index (Phi) is 35.2. The van der Waals surface area contributed by atoms with Crippen molar-refractivity contribution in [2.75, 3.05) is 19.6 Å². The maximum Gasteiger partial charge on any atom is 0.355 e. The van der Waals surface area contributed by atoms with Gasteiger partial charge in [0.2, 0.25) is 5.60 Å². The molecule has 716 valence electrons. The average Bonchev–Trinajstić information content (AvgIpc) is 1.61. The van der Waals surface area contributed by atoms with Crippen molar-refractivity contribution < 1.29 is 81.7 Å². The van der Waals surface area contributed by atoms with Crippen LogP contribution in [0.3, 0.4) is 0 Å². The number of para-hydroxylation sites is 2. The summed E-state index contributed by atoms with van der Waals surface area (Å²) in [5.74, 6) is -2.28. The molecule has 4 atom stereocenters. The van der Waals surface area contributed by atoms with Crippen LogP contribution >= 0.6 is 0 Å². The van der Waals surface area contributed by atoms with Gasteiger partial charge in [0.25, 0.3) is 17.0 Å². The third-order valence-corrected chi connectivity index (χ3v) is 28.2. The van der Waals surface area contributed by atoms with E-state index in [-0.39, 0.29) is 85.7 Å². The number of rotatable bonds is 44. The number of cyclic esters (lactones) is 2. The SMILES string of the molecule is CCCCCCCCCCCCCCCCNC(=O)[C@@]1(C)CCc2c(C)c(OC(=O)CCC(=O)O)c(C)c(C)c2O1.CCCCCCCCNCCCCCCCCC(=O)[C@]1(C)CCc2c(C)c(OC(=O)CCC(=O)O[C@]3(CC)C(=O)OCc4c3cc3n(c4=O)Cc4cc5ccccc5nc4-3)c(C)c(C)c2O1.CC[C@@]1(O)C(=O)OCc2c1cc1n(c2=O)Cc2cc3ccccc3nc2-1. The molecule has 1 amide bonds. The molecule has 4 aromatic heterocycles. The lowest BCUT2D eigenvalue weighted by Gasteiger charge is -2.37. The van der Waals surface area contributed by atoms with Gasteiger partial charge in [-0.1, -0.05) is 205 Å². The summed E-state index contributed by atoms with van der Waals surface area (Å²) in [5, 5.41) is 28.3. The van der Waals surface area contributed by atoms with E-state index in [1.807, 2.05) is 116 Å². The number of Topliss-reactive ketones (excluding diaryl/α,β-unsaturated/α-hetero) is 1. The van der Waals surface area contributed by atoms with Gasteiger partial charge in [0.1, 0.15) is 36.2 Å². The Morgan fingerprint density at radius 2 is 0.865 bits per heavy atom. The molecule has 0 saturated carbocycles. The molecule has 25 nitrogen and oxygen atoms in total. The van der Waals surface area contributed by atoms with Crippen molar-refractivity contribution in [1.82, 2.24) is 29.7 Å². The van der Waals surface area contributed by atoms with Crippen LogP contribution in [0.2, 0.25) is 0 Å². The number of fused-ring (bicyclic) bond motifs is 12. The summed E-state index contributed by atoms with van der Waals surface area (Å²) in [5.41, 5.74) is 7.54. The number of ketones is 1. The number of pyridine rings is 4. The molecular formula is C108H140N6O19. The molecule has 0 fully saturated rings. The first-order valence-corrected chi connectivity index (χ1v) is 49.3. The number of carboxylic acid groups (broad SMARTS) is 1. The first-order valence-electron chi connectivity index (χ1n) is 49.3. The second kappa shape index (κ2) is 46.4. The summed E-state index contributed by atoms with van der Waals surface area (Å²) in [6.07, 6.45) is 34.6. The predicted molar refractivity (Wildman–Crippen MR) is 513 cm³/mol. The summed E-state index contributed by atoms with van der Waals surface area (Å²) in [6, 6.07) is 23.0. The van der Waals surface area contributed by atoms with Gasteiger partial charge >= 0.3 is 35.8 Å². The van der Waals surface area contributed by atoms with Gasteiger partial charge in [-0.3, -0.25) is 38.4 Å². The quantitative estimate of drug-likeness (QED) is 0.0119. The number of unbranched alkanes of at least 4 members (excludes halogenated alkanes) is 23. The molecule has 10 heterocycles. The number of nitrogens with one attached hydrogen (secondary N) is 2. The molecule has 0 saturated heterocycles. The topological polar surface area (TPSA) is 335 Å². The highest BCUT2D eigenvalue weighted by Gasteiger charge is 2.52. The van der Waals surface area contributed by atoms with Gasteiger partial charge in [0.15, 0.2) is 22.6 Å². The van der Waals surface area contributed by atoms with E-state index in [0.717, 1.165) is 123 Å². The molecular weight excluding hydrogens is 1690 g/mol. The number of aromatic nitrogens is 4. The Morgan fingerprint density at radius 1 is 0.451 bits per heavy atom. The number of carbonyl (C=O) groups is 8. The number of hydrogen-bond donors (Lipinski definition) is 4. The van der Waals surface area contributed by atoms with Crippen LogP contribution in [0.5, 0.6) is 23.0 Å². The van der Waals surface area contributed by atoms with Crippen molar-refractivity contribution in [3.8, 4) is 45.8 Å². The molecule has 25 heteroatoms. The van der Waals surface area contributed by atoms with E-state index in [4.69, 9.17) is 48.2 Å².